The molecular weight excluding hydrogens is 174 g/mol. The summed E-state index contributed by atoms with van der Waals surface area (Å²) in [5, 5.41) is 0. The molecule has 1 heterocycles. The number of rotatable bonds is 3. The summed E-state index contributed by atoms with van der Waals surface area (Å²) >= 11 is 0. The molecule has 0 saturated heterocycles. The Hall–Kier alpha value is -1.38. The third-order valence-corrected chi connectivity index (χ3v) is 1.98. The van der Waals surface area contributed by atoms with E-state index in [1.165, 1.54) is 5.56 Å². The smallest absolute Gasteiger partial charge is 0.153 e. The maximum atomic E-state index is 4.46. The number of hydrogen-bond donors (Lipinski definition) is 0. The van der Waals surface area contributed by atoms with Crippen LogP contribution in [0.1, 0.15) is 25.2 Å². The molecule has 0 atom stereocenters. The fourth-order valence-corrected chi connectivity index (χ4v) is 1.28. The molecule has 0 fully saturated rings. The number of aromatic nitrogens is 2. The second-order valence-corrected chi connectivity index (χ2v) is 3.33. The van der Waals surface area contributed by atoms with Gasteiger partial charge in [0.15, 0.2) is 5.82 Å². The highest BCUT2D eigenvalue weighted by Crippen LogP contribution is 2.15. The molecule has 0 aliphatic heterocycles. The van der Waals surface area contributed by atoms with E-state index >= 15 is 0 Å². The van der Waals surface area contributed by atoms with E-state index in [9.17, 15) is 0 Å². The van der Waals surface area contributed by atoms with Gasteiger partial charge < -0.3 is 4.90 Å². The SMILES string of the molecule is CC=Cc1ncc(CC)c(N(C)C)n1. The summed E-state index contributed by atoms with van der Waals surface area (Å²) in [4.78, 5) is 10.7. The van der Waals surface area contributed by atoms with Crippen LogP contribution in [0.5, 0.6) is 0 Å². The maximum absolute atomic E-state index is 4.46. The van der Waals surface area contributed by atoms with Gasteiger partial charge >= 0.3 is 0 Å². The van der Waals surface area contributed by atoms with Crippen molar-refractivity contribution < 1.29 is 0 Å². The normalized spacial score (nSPS) is 10.9. The summed E-state index contributed by atoms with van der Waals surface area (Å²) < 4.78 is 0. The van der Waals surface area contributed by atoms with Crippen LogP contribution >= 0.6 is 0 Å². The zero-order valence-electron chi connectivity index (χ0n) is 9.28. The highest BCUT2D eigenvalue weighted by Gasteiger charge is 2.05. The van der Waals surface area contributed by atoms with Crippen LogP contribution in [0.15, 0.2) is 12.3 Å². The van der Waals surface area contributed by atoms with Gasteiger partial charge in [-0.3, -0.25) is 0 Å². The number of aryl methyl sites for hydroxylation is 1. The molecule has 0 aliphatic carbocycles. The summed E-state index contributed by atoms with van der Waals surface area (Å²) in [5.41, 5.74) is 1.18. The van der Waals surface area contributed by atoms with E-state index in [1.807, 2.05) is 44.3 Å². The average molecular weight is 191 g/mol. The molecule has 0 N–H and O–H groups in total. The first-order valence-electron chi connectivity index (χ1n) is 4.85. The van der Waals surface area contributed by atoms with Crippen LogP contribution < -0.4 is 4.90 Å². The molecule has 1 rings (SSSR count). The van der Waals surface area contributed by atoms with Crippen molar-refractivity contribution in [2.45, 2.75) is 20.3 Å². The monoisotopic (exact) mass is 191 g/mol. The first-order chi connectivity index (χ1) is 6.69. The second-order valence-electron chi connectivity index (χ2n) is 3.33. The molecule has 0 aromatic carbocycles. The molecule has 1 aromatic rings. The minimum atomic E-state index is 0.772. The van der Waals surface area contributed by atoms with Crippen molar-refractivity contribution in [2.24, 2.45) is 0 Å². The van der Waals surface area contributed by atoms with Crippen molar-refractivity contribution in [1.29, 1.82) is 0 Å². The highest BCUT2D eigenvalue weighted by atomic mass is 15.1. The Morgan fingerprint density at radius 1 is 1.43 bits per heavy atom. The van der Waals surface area contributed by atoms with Crippen molar-refractivity contribution in [2.75, 3.05) is 19.0 Å². The molecule has 0 saturated carbocycles. The first kappa shape index (κ1) is 10.7. The lowest BCUT2D eigenvalue weighted by Gasteiger charge is -2.15. The van der Waals surface area contributed by atoms with E-state index < -0.39 is 0 Å². The molecule has 1 aromatic heterocycles. The molecule has 14 heavy (non-hydrogen) atoms. The summed E-state index contributed by atoms with van der Waals surface area (Å²) in [7, 11) is 4.00. The van der Waals surface area contributed by atoms with Crippen molar-refractivity contribution in [3.8, 4) is 0 Å². The van der Waals surface area contributed by atoms with Crippen LogP contribution in [0.4, 0.5) is 5.82 Å². The Kier molecular flexibility index (Phi) is 3.63. The van der Waals surface area contributed by atoms with Gasteiger partial charge in [-0.1, -0.05) is 13.0 Å². The summed E-state index contributed by atoms with van der Waals surface area (Å²) in [6.07, 6.45) is 6.72. The molecule has 0 amide bonds. The van der Waals surface area contributed by atoms with E-state index in [1.54, 1.807) is 0 Å². The van der Waals surface area contributed by atoms with Crippen LogP contribution in [-0.2, 0) is 6.42 Å². The predicted octanol–water partition coefficient (Wildman–Crippen LogP) is 2.14. The zero-order valence-corrected chi connectivity index (χ0v) is 9.28. The topological polar surface area (TPSA) is 29.0 Å². The third-order valence-electron chi connectivity index (χ3n) is 1.98. The Morgan fingerprint density at radius 3 is 2.64 bits per heavy atom. The summed E-state index contributed by atoms with van der Waals surface area (Å²) in [5.74, 6) is 1.78. The van der Waals surface area contributed by atoms with Gasteiger partial charge in [-0.2, -0.15) is 0 Å². The van der Waals surface area contributed by atoms with Crippen LogP contribution in [0, 0.1) is 0 Å². The van der Waals surface area contributed by atoms with Crippen LogP contribution in [-0.4, -0.2) is 24.1 Å². The van der Waals surface area contributed by atoms with Gasteiger partial charge in [0.25, 0.3) is 0 Å². The molecule has 3 heteroatoms. The van der Waals surface area contributed by atoms with Gasteiger partial charge in [-0.15, -0.1) is 0 Å². The van der Waals surface area contributed by atoms with E-state index in [0.29, 0.717) is 0 Å². The van der Waals surface area contributed by atoms with Crippen molar-refractivity contribution >= 4 is 11.9 Å². The van der Waals surface area contributed by atoms with Crippen LogP contribution in [0.2, 0.25) is 0 Å². The van der Waals surface area contributed by atoms with Crippen molar-refractivity contribution in [3.05, 3.63) is 23.7 Å². The lowest BCUT2D eigenvalue weighted by Crippen LogP contribution is -2.14. The first-order valence-corrected chi connectivity index (χ1v) is 4.85. The molecule has 76 valence electrons. The minimum Gasteiger partial charge on any atom is -0.362 e. The minimum absolute atomic E-state index is 0.772. The second kappa shape index (κ2) is 4.74. The largest absolute Gasteiger partial charge is 0.362 e. The molecule has 0 aliphatic rings. The molecule has 0 spiro atoms. The van der Waals surface area contributed by atoms with E-state index in [4.69, 9.17) is 0 Å². The summed E-state index contributed by atoms with van der Waals surface area (Å²) in [6.45, 7) is 4.08. The fourth-order valence-electron chi connectivity index (χ4n) is 1.28. The molecule has 0 bridgehead atoms. The van der Waals surface area contributed by atoms with E-state index in [2.05, 4.69) is 16.9 Å². The third kappa shape index (κ3) is 2.31. The number of anilines is 1. The van der Waals surface area contributed by atoms with E-state index in [-0.39, 0.29) is 0 Å². The van der Waals surface area contributed by atoms with Gasteiger partial charge in [0.2, 0.25) is 0 Å². The van der Waals surface area contributed by atoms with Crippen molar-refractivity contribution in [1.82, 2.24) is 9.97 Å². The van der Waals surface area contributed by atoms with Crippen LogP contribution in [0.25, 0.3) is 6.08 Å². The lowest BCUT2D eigenvalue weighted by atomic mass is 10.2. The lowest BCUT2D eigenvalue weighted by molar-refractivity contribution is 0.965. The Balaban J connectivity index is 3.13. The number of nitrogens with zero attached hydrogens (tertiary/aromatic N) is 3. The highest BCUT2D eigenvalue weighted by molar-refractivity contribution is 5.49. The number of allylic oxidation sites excluding steroid dienone is 1. The molecule has 0 radical (unpaired) electrons. The average Bonchev–Trinajstić information content (AvgIpc) is 2.18. The standard InChI is InChI=1S/C11H17N3/c1-5-7-10-12-8-9(6-2)11(13-10)14(3)4/h5,7-8H,6H2,1-4H3. The Bertz CT molecular complexity index is 329. The Labute approximate surface area is 85.5 Å². The van der Waals surface area contributed by atoms with Crippen molar-refractivity contribution in [3.63, 3.8) is 0 Å². The molecule has 3 nitrogen and oxygen atoms in total. The quantitative estimate of drug-likeness (QED) is 0.733. The fraction of sp³-hybridized carbons (Fsp3) is 0.455. The van der Waals surface area contributed by atoms with Gasteiger partial charge in [0, 0.05) is 25.9 Å². The predicted molar refractivity (Wildman–Crippen MR) is 60.4 cm³/mol. The Morgan fingerprint density at radius 2 is 2.14 bits per heavy atom. The number of hydrogen-bond acceptors (Lipinski definition) is 3. The van der Waals surface area contributed by atoms with Gasteiger partial charge in [0.05, 0.1) is 0 Å². The van der Waals surface area contributed by atoms with E-state index in [0.717, 1.165) is 18.1 Å². The zero-order chi connectivity index (χ0) is 10.6. The van der Waals surface area contributed by atoms with Gasteiger partial charge in [0.1, 0.15) is 5.82 Å². The molecule has 0 unspecified atom stereocenters. The van der Waals surface area contributed by atoms with Gasteiger partial charge in [-0.05, 0) is 19.4 Å². The van der Waals surface area contributed by atoms with Gasteiger partial charge in [-0.25, -0.2) is 9.97 Å². The summed E-state index contributed by atoms with van der Waals surface area (Å²) in [6, 6.07) is 0. The molecular formula is C11H17N3. The van der Waals surface area contributed by atoms with Crippen LogP contribution in [0.3, 0.4) is 0 Å². The maximum Gasteiger partial charge on any atom is 0.153 e.